The molecule has 0 unspecified atom stereocenters. The van der Waals surface area contributed by atoms with Gasteiger partial charge in [-0.15, -0.1) is 0 Å². The van der Waals surface area contributed by atoms with E-state index >= 15 is 4.39 Å². The van der Waals surface area contributed by atoms with Crippen molar-refractivity contribution in [2.45, 2.75) is 13.3 Å². The SMILES string of the molecule is C=C/C=C\C(=C)C=Nc1cccc(Cc2c(C)c3ccc(Oc4nccs4)cc3oc2=O)c1F. The molecule has 0 N–H and O–H groups in total. The minimum Gasteiger partial charge on any atom is -0.431 e. The summed E-state index contributed by atoms with van der Waals surface area (Å²) in [6, 6.07) is 10.2. The maximum absolute atomic E-state index is 15.1. The van der Waals surface area contributed by atoms with Crippen LogP contribution in [0.1, 0.15) is 16.7 Å². The number of nitrogens with zero attached hydrogens (tertiary/aromatic N) is 2. The molecule has 0 saturated heterocycles. The molecule has 2 heterocycles. The zero-order chi connectivity index (χ0) is 24.1. The van der Waals surface area contributed by atoms with Gasteiger partial charge < -0.3 is 9.15 Å². The van der Waals surface area contributed by atoms with Gasteiger partial charge in [-0.3, -0.25) is 4.99 Å². The summed E-state index contributed by atoms with van der Waals surface area (Å²) in [4.78, 5) is 21.1. The zero-order valence-corrected chi connectivity index (χ0v) is 19.3. The number of aliphatic imine (C=N–C) groups is 1. The third-order valence-electron chi connectivity index (χ3n) is 5.12. The van der Waals surface area contributed by atoms with Crippen molar-refractivity contribution >= 4 is 34.2 Å². The fourth-order valence-corrected chi connectivity index (χ4v) is 3.89. The highest BCUT2D eigenvalue weighted by Gasteiger charge is 2.16. The lowest BCUT2D eigenvalue weighted by Gasteiger charge is -2.10. The number of aromatic nitrogens is 1. The lowest BCUT2D eigenvalue weighted by molar-refractivity contribution is 0.476. The van der Waals surface area contributed by atoms with Gasteiger partial charge in [0.25, 0.3) is 5.19 Å². The molecule has 2 aromatic carbocycles. The quantitative estimate of drug-likeness (QED) is 0.156. The van der Waals surface area contributed by atoms with Crippen molar-refractivity contribution in [1.29, 1.82) is 0 Å². The van der Waals surface area contributed by atoms with Gasteiger partial charge in [0.2, 0.25) is 0 Å². The van der Waals surface area contributed by atoms with E-state index in [1.807, 2.05) is 18.4 Å². The number of rotatable bonds is 8. The zero-order valence-electron chi connectivity index (χ0n) is 18.5. The third-order valence-corrected chi connectivity index (χ3v) is 5.76. The van der Waals surface area contributed by atoms with E-state index in [2.05, 4.69) is 23.1 Å². The van der Waals surface area contributed by atoms with Crippen LogP contribution >= 0.6 is 11.3 Å². The highest BCUT2D eigenvalue weighted by molar-refractivity contribution is 7.11. The molecular weight excluding hydrogens is 451 g/mol. The van der Waals surface area contributed by atoms with Crippen molar-refractivity contribution in [1.82, 2.24) is 4.98 Å². The summed E-state index contributed by atoms with van der Waals surface area (Å²) in [7, 11) is 0. The number of fused-ring (bicyclic) bond motifs is 1. The van der Waals surface area contributed by atoms with Crippen molar-refractivity contribution < 1.29 is 13.5 Å². The first-order chi connectivity index (χ1) is 16.5. The molecule has 0 aliphatic rings. The predicted molar refractivity (Wildman–Crippen MR) is 135 cm³/mol. The highest BCUT2D eigenvalue weighted by Crippen LogP contribution is 2.30. The van der Waals surface area contributed by atoms with Crippen molar-refractivity contribution in [3.8, 4) is 10.9 Å². The van der Waals surface area contributed by atoms with Gasteiger partial charge in [0, 0.05) is 41.2 Å². The topological polar surface area (TPSA) is 64.7 Å². The molecule has 0 fully saturated rings. The first-order valence-corrected chi connectivity index (χ1v) is 11.3. The summed E-state index contributed by atoms with van der Waals surface area (Å²) in [5.74, 6) is 0.0178. The summed E-state index contributed by atoms with van der Waals surface area (Å²) < 4.78 is 26.4. The summed E-state index contributed by atoms with van der Waals surface area (Å²) in [6.45, 7) is 9.25. The molecule has 0 atom stereocenters. The van der Waals surface area contributed by atoms with Crippen LogP contribution in [0.2, 0.25) is 0 Å². The Labute approximate surface area is 199 Å². The summed E-state index contributed by atoms with van der Waals surface area (Å²) in [5.41, 5.74) is 2.10. The monoisotopic (exact) mass is 472 g/mol. The molecule has 0 aliphatic heterocycles. The largest absolute Gasteiger partial charge is 0.431 e. The second-order valence-electron chi connectivity index (χ2n) is 7.41. The van der Waals surface area contributed by atoms with Crippen LogP contribution in [-0.2, 0) is 6.42 Å². The van der Waals surface area contributed by atoms with Crippen LogP contribution in [0.25, 0.3) is 11.0 Å². The van der Waals surface area contributed by atoms with E-state index in [-0.39, 0.29) is 12.1 Å². The molecule has 34 heavy (non-hydrogen) atoms. The second-order valence-corrected chi connectivity index (χ2v) is 8.26. The first-order valence-electron chi connectivity index (χ1n) is 10.4. The smallest absolute Gasteiger partial charge is 0.340 e. The number of halogens is 1. The molecule has 7 heteroatoms. The minimum atomic E-state index is -0.521. The molecule has 2 aromatic heterocycles. The highest BCUT2D eigenvalue weighted by atomic mass is 32.1. The molecule has 4 rings (SSSR count). The van der Waals surface area contributed by atoms with Gasteiger partial charge in [-0.2, -0.15) is 0 Å². The lowest BCUT2D eigenvalue weighted by Crippen LogP contribution is -2.11. The Kier molecular flexibility index (Phi) is 6.94. The van der Waals surface area contributed by atoms with E-state index in [1.165, 1.54) is 17.6 Å². The van der Waals surface area contributed by atoms with E-state index in [4.69, 9.17) is 9.15 Å². The molecular formula is C27H21FN2O3S. The van der Waals surface area contributed by atoms with E-state index in [9.17, 15) is 4.79 Å². The van der Waals surface area contributed by atoms with Crippen LogP contribution in [0.5, 0.6) is 10.9 Å². The molecule has 0 radical (unpaired) electrons. The molecule has 0 bridgehead atoms. The molecule has 0 spiro atoms. The fourth-order valence-electron chi connectivity index (χ4n) is 3.38. The Morgan fingerprint density at radius 1 is 1.32 bits per heavy atom. The van der Waals surface area contributed by atoms with Crippen LogP contribution in [0.3, 0.4) is 0 Å². The average Bonchev–Trinajstić information content (AvgIpc) is 3.33. The molecule has 0 aliphatic carbocycles. The molecule has 0 amide bonds. The Hall–Kier alpha value is -4.10. The van der Waals surface area contributed by atoms with Gasteiger partial charge in [0.1, 0.15) is 11.3 Å². The summed E-state index contributed by atoms with van der Waals surface area (Å²) >= 11 is 1.36. The van der Waals surface area contributed by atoms with Gasteiger partial charge in [0.05, 0.1) is 5.69 Å². The van der Waals surface area contributed by atoms with Gasteiger partial charge in [0.15, 0.2) is 5.82 Å². The van der Waals surface area contributed by atoms with Crippen LogP contribution < -0.4 is 10.4 Å². The van der Waals surface area contributed by atoms with Crippen molar-refractivity contribution in [3.63, 3.8) is 0 Å². The Bertz CT molecular complexity index is 1480. The summed E-state index contributed by atoms with van der Waals surface area (Å²) in [6.07, 6.45) is 8.25. The van der Waals surface area contributed by atoms with Crippen molar-refractivity contribution in [3.05, 3.63) is 118 Å². The second kappa shape index (κ2) is 10.2. The van der Waals surface area contributed by atoms with Crippen LogP contribution in [0, 0.1) is 12.7 Å². The Morgan fingerprint density at radius 2 is 2.18 bits per heavy atom. The molecule has 5 nitrogen and oxygen atoms in total. The number of thiazole rings is 1. The minimum absolute atomic E-state index is 0.0774. The van der Waals surface area contributed by atoms with Gasteiger partial charge in [-0.25, -0.2) is 14.2 Å². The number of ether oxygens (including phenoxy) is 1. The Morgan fingerprint density at radius 3 is 2.94 bits per heavy atom. The predicted octanol–water partition coefficient (Wildman–Crippen LogP) is 7.08. The maximum atomic E-state index is 15.1. The first kappa shape index (κ1) is 23.1. The van der Waals surface area contributed by atoms with Crippen LogP contribution in [-0.4, -0.2) is 11.2 Å². The molecule has 4 aromatic rings. The van der Waals surface area contributed by atoms with E-state index < -0.39 is 11.4 Å². The van der Waals surface area contributed by atoms with E-state index in [1.54, 1.807) is 54.8 Å². The van der Waals surface area contributed by atoms with Crippen molar-refractivity contribution in [2.24, 2.45) is 4.99 Å². The number of hydrogen-bond donors (Lipinski definition) is 0. The summed E-state index contributed by atoms with van der Waals surface area (Å²) in [5, 5.41) is 3.05. The molecule has 0 saturated carbocycles. The maximum Gasteiger partial charge on any atom is 0.340 e. The van der Waals surface area contributed by atoms with E-state index in [0.29, 0.717) is 33.2 Å². The Balaban J connectivity index is 1.63. The molecule has 170 valence electrons. The normalized spacial score (nSPS) is 11.5. The van der Waals surface area contributed by atoms with Gasteiger partial charge >= 0.3 is 5.63 Å². The van der Waals surface area contributed by atoms with Gasteiger partial charge in [-0.1, -0.05) is 54.9 Å². The standard InChI is InChI=1S/C27H21FN2O3S/c1-4-5-7-17(2)16-30-23-9-6-8-19(25(23)28)14-22-18(3)21-11-10-20(15-24(21)33-26(22)31)32-27-29-12-13-34-27/h4-13,15-16H,1-2,14H2,3H3/b7-5-,30-16?. The third kappa shape index (κ3) is 5.10. The fraction of sp³-hybridized carbons (Fsp3) is 0.0741. The van der Waals surface area contributed by atoms with Gasteiger partial charge in [-0.05, 0) is 41.8 Å². The van der Waals surface area contributed by atoms with Crippen LogP contribution in [0.4, 0.5) is 10.1 Å². The van der Waals surface area contributed by atoms with Crippen molar-refractivity contribution in [2.75, 3.05) is 0 Å². The van der Waals surface area contributed by atoms with Crippen LogP contribution in [0.15, 0.2) is 99.1 Å². The number of aryl methyl sites for hydroxylation is 1. The number of benzene rings is 2. The average molecular weight is 473 g/mol. The number of hydrogen-bond acceptors (Lipinski definition) is 6. The van der Waals surface area contributed by atoms with E-state index in [0.717, 1.165) is 10.9 Å². The number of allylic oxidation sites excluding steroid dienone is 4. The lowest BCUT2D eigenvalue weighted by atomic mass is 9.99.